The van der Waals surface area contributed by atoms with E-state index < -0.39 is 17.6 Å². The average molecular weight is 287 g/mol. The Labute approximate surface area is 115 Å². The third kappa shape index (κ3) is 2.82. The Bertz CT molecular complexity index is 501. The lowest BCUT2D eigenvalue weighted by Crippen LogP contribution is -2.26. The Morgan fingerprint density at radius 3 is 2.45 bits per heavy atom. The number of halogens is 4. The van der Waals surface area contributed by atoms with Gasteiger partial charge in [0.1, 0.15) is 5.82 Å². The lowest BCUT2D eigenvalue weighted by molar-refractivity contribution is -0.138. The Kier molecular flexibility index (Phi) is 3.27. The maximum atomic E-state index is 13.0. The van der Waals surface area contributed by atoms with E-state index in [-0.39, 0.29) is 12.1 Å². The molecule has 0 radical (unpaired) electrons. The van der Waals surface area contributed by atoms with Gasteiger partial charge in [0, 0.05) is 13.1 Å². The van der Waals surface area contributed by atoms with Crippen molar-refractivity contribution in [1.29, 1.82) is 0 Å². The van der Waals surface area contributed by atoms with Gasteiger partial charge in [-0.2, -0.15) is 13.2 Å². The van der Waals surface area contributed by atoms with Gasteiger partial charge in [-0.15, -0.1) is 0 Å². The van der Waals surface area contributed by atoms with Gasteiger partial charge in [0.15, 0.2) is 0 Å². The maximum absolute atomic E-state index is 13.0. The second kappa shape index (κ2) is 4.72. The van der Waals surface area contributed by atoms with Crippen molar-refractivity contribution in [3.05, 3.63) is 35.1 Å². The lowest BCUT2D eigenvalue weighted by atomic mass is 10.0. The van der Waals surface area contributed by atoms with Gasteiger partial charge in [-0.25, -0.2) is 4.39 Å². The molecule has 2 saturated carbocycles. The molecular formula is C15H17F4N. The van der Waals surface area contributed by atoms with E-state index in [1.165, 1.54) is 31.7 Å². The summed E-state index contributed by atoms with van der Waals surface area (Å²) in [6.07, 6.45) is 0.366. The zero-order chi connectivity index (χ0) is 14.4. The van der Waals surface area contributed by atoms with Crippen LogP contribution in [0.1, 0.15) is 36.8 Å². The predicted molar refractivity (Wildman–Crippen MR) is 67.5 cm³/mol. The average Bonchev–Trinajstić information content (AvgIpc) is 3.23. The van der Waals surface area contributed by atoms with Gasteiger partial charge >= 0.3 is 6.18 Å². The molecule has 0 amide bonds. The summed E-state index contributed by atoms with van der Waals surface area (Å²) in [6.45, 7) is 0.913. The van der Waals surface area contributed by atoms with E-state index in [1.54, 1.807) is 0 Å². The van der Waals surface area contributed by atoms with Crippen molar-refractivity contribution < 1.29 is 17.6 Å². The van der Waals surface area contributed by atoms with Crippen LogP contribution in [0.25, 0.3) is 0 Å². The van der Waals surface area contributed by atoms with E-state index in [1.807, 2.05) is 0 Å². The second-order valence-electron chi connectivity index (χ2n) is 6.04. The fraction of sp³-hybridized carbons (Fsp3) is 0.600. The normalized spacial score (nSPS) is 21.0. The molecule has 0 unspecified atom stereocenters. The van der Waals surface area contributed by atoms with E-state index in [4.69, 9.17) is 0 Å². The van der Waals surface area contributed by atoms with Crippen LogP contribution in [0.3, 0.4) is 0 Å². The molecule has 110 valence electrons. The van der Waals surface area contributed by atoms with Gasteiger partial charge in [0.25, 0.3) is 0 Å². The molecule has 0 aliphatic heterocycles. The van der Waals surface area contributed by atoms with Crippen molar-refractivity contribution >= 4 is 0 Å². The minimum atomic E-state index is -4.51. The van der Waals surface area contributed by atoms with E-state index in [9.17, 15) is 17.6 Å². The zero-order valence-electron chi connectivity index (χ0n) is 11.1. The van der Waals surface area contributed by atoms with Crippen LogP contribution in [-0.4, -0.2) is 6.54 Å². The lowest BCUT2D eigenvalue weighted by Gasteiger charge is -2.17. The van der Waals surface area contributed by atoms with Crippen LogP contribution in [-0.2, 0) is 12.7 Å². The van der Waals surface area contributed by atoms with Gasteiger partial charge in [-0.3, -0.25) is 0 Å². The minimum absolute atomic E-state index is 0.116. The Morgan fingerprint density at radius 1 is 1.20 bits per heavy atom. The number of hydrogen-bond acceptors (Lipinski definition) is 1. The quantitative estimate of drug-likeness (QED) is 0.803. The Hall–Kier alpha value is -1.10. The first-order valence-corrected chi connectivity index (χ1v) is 6.97. The molecule has 1 N–H and O–H groups in total. The van der Waals surface area contributed by atoms with Gasteiger partial charge in [-0.05, 0) is 54.7 Å². The summed E-state index contributed by atoms with van der Waals surface area (Å²) in [6, 6.07) is 2.88. The van der Waals surface area contributed by atoms with Crippen LogP contribution in [0, 0.1) is 17.2 Å². The highest BCUT2D eigenvalue weighted by Gasteiger charge is 2.53. The highest BCUT2D eigenvalue weighted by Crippen LogP contribution is 2.60. The zero-order valence-corrected chi connectivity index (χ0v) is 11.1. The summed E-state index contributed by atoms with van der Waals surface area (Å²) in [4.78, 5) is 0. The van der Waals surface area contributed by atoms with E-state index in [2.05, 4.69) is 5.32 Å². The summed E-state index contributed by atoms with van der Waals surface area (Å²) in [7, 11) is 0. The summed E-state index contributed by atoms with van der Waals surface area (Å²) in [5, 5.41) is 3.14. The fourth-order valence-corrected chi connectivity index (χ4v) is 3.00. The van der Waals surface area contributed by atoms with Gasteiger partial charge < -0.3 is 5.32 Å². The van der Waals surface area contributed by atoms with Crippen LogP contribution in [0.5, 0.6) is 0 Å². The molecular weight excluding hydrogens is 270 g/mol. The van der Waals surface area contributed by atoms with E-state index in [0.717, 1.165) is 18.5 Å². The molecule has 2 aliphatic rings. The number of alkyl halides is 3. The molecule has 1 nitrogen and oxygen atoms in total. The topological polar surface area (TPSA) is 12.0 Å². The number of benzene rings is 1. The van der Waals surface area contributed by atoms with Crippen LogP contribution < -0.4 is 5.32 Å². The number of nitrogens with one attached hydrogen (secondary N) is 1. The minimum Gasteiger partial charge on any atom is -0.312 e. The molecule has 0 saturated heterocycles. The maximum Gasteiger partial charge on any atom is 0.416 e. The van der Waals surface area contributed by atoms with Crippen molar-refractivity contribution in [2.45, 2.75) is 38.4 Å². The van der Waals surface area contributed by atoms with Gasteiger partial charge in [0.2, 0.25) is 0 Å². The van der Waals surface area contributed by atoms with E-state index >= 15 is 0 Å². The van der Waals surface area contributed by atoms with Crippen molar-refractivity contribution in [1.82, 2.24) is 5.32 Å². The molecule has 0 aromatic heterocycles. The molecule has 20 heavy (non-hydrogen) atoms. The molecule has 2 fully saturated rings. The van der Waals surface area contributed by atoms with Gasteiger partial charge in [-0.1, -0.05) is 6.07 Å². The molecule has 1 aromatic rings. The molecule has 3 rings (SSSR count). The fourth-order valence-electron chi connectivity index (χ4n) is 3.00. The van der Waals surface area contributed by atoms with Gasteiger partial charge in [0.05, 0.1) is 5.56 Å². The first-order valence-electron chi connectivity index (χ1n) is 6.97. The van der Waals surface area contributed by atoms with Crippen LogP contribution >= 0.6 is 0 Å². The molecule has 0 heterocycles. The highest BCUT2D eigenvalue weighted by atomic mass is 19.4. The largest absolute Gasteiger partial charge is 0.416 e. The summed E-state index contributed by atoms with van der Waals surface area (Å²) >= 11 is 0. The smallest absolute Gasteiger partial charge is 0.312 e. The van der Waals surface area contributed by atoms with E-state index in [0.29, 0.717) is 11.5 Å². The standard InChI is InChI=1S/C15H17F4N/c16-12-4-1-10(13(7-12)15(17,18)19)8-20-9-14(5-6-14)11-2-3-11/h1,4,7,11,20H,2-3,5-6,8-9H2. The Morgan fingerprint density at radius 2 is 1.90 bits per heavy atom. The third-order valence-corrected chi connectivity index (χ3v) is 4.51. The monoisotopic (exact) mass is 287 g/mol. The SMILES string of the molecule is Fc1ccc(CNCC2(C3CC3)CC2)c(C(F)(F)F)c1. The van der Waals surface area contributed by atoms with Crippen LogP contribution in [0.4, 0.5) is 17.6 Å². The molecule has 5 heteroatoms. The molecule has 1 aromatic carbocycles. The number of hydrogen-bond donors (Lipinski definition) is 1. The van der Waals surface area contributed by atoms with Crippen LogP contribution in [0.2, 0.25) is 0 Å². The van der Waals surface area contributed by atoms with Crippen molar-refractivity contribution in [3.63, 3.8) is 0 Å². The third-order valence-electron chi connectivity index (χ3n) is 4.51. The first-order chi connectivity index (χ1) is 9.41. The predicted octanol–water partition coefficient (Wildman–Crippen LogP) is 4.12. The molecule has 2 aliphatic carbocycles. The summed E-state index contributed by atoms with van der Waals surface area (Å²) < 4.78 is 51.5. The summed E-state index contributed by atoms with van der Waals surface area (Å²) in [5.74, 6) is -0.0805. The summed E-state index contributed by atoms with van der Waals surface area (Å²) in [5.41, 5.74) is -0.412. The van der Waals surface area contributed by atoms with Crippen molar-refractivity contribution in [2.75, 3.05) is 6.54 Å². The second-order valence-corrected chi connectivity index (χ2v) is 6.04. The van der Waals surface area contributed by atoms with Crippen LogP contribution in [0.15, 0.2) is 18.2 Å². The molecule has 0 atom stereocenters. The van der Waals surface area contributed by atoms with Crippen molar-refractivity contribution in [3.8, 4) is 0 Å². The Balaban J connectivity index is 1.65. The molecule has 0 spiro atoms. The first kappa shape index (κ1) is 13.9. The molecule has 0 bridgehead atoms. The number of rotatable bonds is 5. The van der Waals surface area contributed by atoms with Crippen molar-refractivity contribution in [2.24, 2.45) is 11.3 Å². The highest BCUT2D eigenvalue weighted by molar-refractivity contribution is 5.30.